The van der Waals surface area contributed by atoms with Crippen LogP contribution in [0.15, 0.2) is 120 Å². The van der Waals surface area contributed by atoms with Crippen molar-refractivity contribution >= 4 is 50.1 Å². The van der Waals surface area contributed by atoms with Crippen molar-refractivity contribution in [2.24, 2.45) is 0 Å². The van der Waals surface area contributed by atoms with Gasteiger partial charge in [-0.15, -0.1) is 0 Å². The van der Waals surface area contributed by atoms with Crippen LogP contribution in [0.25, 0.3) is 10.9 Å². The van der Waals surface area contributed by atoms with E-state index < -0.39 is 37.5 Å². The van der Waals surface area contributed by atoms with Gasteiger partial charge in [-0.3, -0.25) is 0 Å². The standard InChI is InChI=1S/C39H32Cl2F2N2O4S/c40-30-15-8-16-35-37(30)29(14-7-9-25-17-19-28(20-18-25)39(46)47)34(21-22-44-50(48,49)36-23-31(41)32(42)24-33(36)43)45(35)38(26-10-3-1-4-11-26)27-12-5-2-6-13-27/h1-6,8,10-13,15-20,23-24,38,44H,7,9,14,21-22H2,(H,46,47). The van der Waals surface area contributed by atoms with Crippen LogP contribution in [0.2, 0.25) is 10.0 Å². The highest BCUT2D eigenvalue weighted by Gasteiger charge is 2.27. The average molecular weight is 734 g/mol. The summed E-state index contributed by atoms with van der Waals surface area (Å²) in [4.78, 5) is 10.6. The van der Waals surface area contributed by atoms with E-state index in [1.165, 1.54) is 0 Å². The number of aromatic carboxylic acids is 1. The summed E-state index contributed by atoms with van der Waals surface area (Å²) < 4.78 is 59.7. The van der Waals surface area contributed by atoms with Gasteiger partial charge in [-0.05, 0) is 71.8 Å². The Bertz CT molecular complexity index is 2220. The fraction of sp³-hybridized carbons (Fsp3) is 0.154. The minimum Gasteiger partial charge on any atom is -0.478 e. The maximum atomic E-state index is 14.6. The summed E-state index contributed by atoms with van der Waals surface area (Å²) in [5.41, 5.74) is 5.85. The highest BCUT2D eigenvalue weighted by molar-refractivity contribution is 7.89. The van der Waals surface area contributed by atoms with Crippen LogP contribution in [0.3, 0.4) is 0 Å². The van der Waals surface area contributed by atoms with Crippen molar-refractivity contribution in [1.29, 1.82) is 0 Å². The molecule has 0 radical (unpaired) electrons. The highest BCUT2D eigenvalue weighted by atomic mass is 35.5. The van der Waals surface area contributed by atoms with E-state index in [0.717, 1.165) is 44.9 Å². The number of hydrogen-bond donors (Lipinski definition) is 2. The quantitative estimate of drug-likeness (QED) is 0.116. The Balaban J connectivity index is 1.44. The fourth-order valence-corrected chi connectivity index (χ4v) is 8.05. The van der Waals surface area contributed by atoms with Gasteiger partial charge in [0.15, 0.2) is 0 Å². The first-order valence-electron chi connectivity index (χ1n) is 15.9. The molecule has 1 aromatic heterocycles. The van der Waals surface area contributed by atoms with Crippen molar-refractivity contribution in [3.8, 4) is 0 Å². The van der Waals surface area contributed by atoms with Crippen molar-refractivity contribution in [1.82, 2.24) is 9.29 Å². The second-order valence-electron chi connectivity index (χ2n) is 11.9. The summed E-state index contributed by atoms with van der Waals surface area (Å²) in [6.07, 6.45) is 2.14. The van der Waals surface area contributed by atoms with Gasteiger partial charge in [0.25, 0.3) is 0 Å². The number of carbonyl (C=O) groups is 1. The molecule has 0 fully saturated rings. The summed E-state index contributed by atoms with van der Waals surface area (Å²) >= 11 is 12.8. The van der Waals surface area contributed by atoms with Crippen molar-refractivity contribution in [2.75, 3.05) is 6.54 Å². The molecule has 0 aliphatic heterocycles. The van der Waals surface area contributed by atoms with Crippen molar-refractivity contribution in [3.63, 3.8) is 0 Å². The number of halogens is 4. The molecule has 0 unspecified atom stereocenters. The van der Waals surface area contributed by atoms with Gasteiger partial charge >= 0.3 is 5.97 Å². The molecule has 0 atom stereocenters. The van der Waals surface area contributed by atoms with Crippen LogP contribution >= 0.6 is 23.2 Å². The number of benzene rings is 5. The lowest BCUT2D eigenvalue weighted by atomic mass is 9.97. The smallest absolute Gasteiger partial charge is 0.335 e. The van der Waals surface area contributed by atoms with Crippen molar-refractivity contribution < 1.29 is 27.1 Å². The second-order valence-corrected chi connectivity index (χ2v) is 14.4. The number of nitrogens with one attached hydrogen (secondary N) is 1. The molecule has 6 nitrogen and oxygen atoms in total. The van der Waals surface area contributed by atoms with E-state index in [1.807, 2.05) is 78.9 Å². The third kappa shape index (κ3) is 7.46. The minimum absolute atomic E-state index is 0.106. The Hall–Kier alpha value is -4.54. The summed E-state index contributed by atoms with van der Waals surface area (Å²) in [6.45, 7) is -0.106. The zero-order valence-electron chi connectivity index (χ0n) is 26.6. The number of carboxylic acids is 1. The Morgan fingerprint density at radius 3 is 2.02 bits per heavy atom. The number of aromatic nitrogens is 1. The van der Waals surface area contributed by atoms with Crippen LogP contribution in [0, 0.1) is 11.6 Å². The maximum absolute atomic E-state index is 14.6. The molecule has 0 saturated carbocycles. The van der Waals surface area contributed by atoms with E-state index >= 15 is 0 Å². The lowest BCUT2D eigenvalue weighted by molar-refractivity contribution is 0.0697. The number of fused-ring (bicyclic) bond motifs is 1. The van der Waals surface area contributed by atoms with Crippen molar-refractivity contribution in [2.45, 2.75) is 36.6 Å². The van der Waals surface area contributed by atoms with Crippen LogP contribution in [0.5, 0.6) is 0 Å². The molecule has 0 bridgehead atoms. The Morgan fingerprint density at radius 1 is 0.760 bits per heavy atom. The maximum Gasteiger partial charge on any atom is 0.335 e. The Kier molecular flexibility index (Phi) is 10.7. The van der Waals surface area contributed by atoms with Gasteiger partial charge in [-0.2, -0.15) is 0 Å². The van der Waals surface area contributed by atoms with E-state index in [0.29, 0.717) is 30.4 Å². The zero-order chi connectivity index (χ0) is 35.4. The van der Waals surface area contributed by atoms with E-state index in [1.54, 1.807) is 24.3 Å². The summed E-state index contributed by atoms with van der Waals surface area (Å²) in [5, 5.41) is 10.2. The molecule has 11 heteroatoms. The highest BCUT2D eigenvalue weighted by Crippen LogP contribution is 2.40. The molecular formula is C39H32Cl2F2N2O4S. The molecule has 1 heterocycles. The zero-order valence-corrected chi connectivity index (χ0v) is 29.0. The molecule has 0 aliphatic carbocycles. The topological polar surface area (TPSA) is 88.4 Å². The first-order chi connectivity index (χ1) is 24.0. The van der Waals surface area contributed by atoms with Crippen LogP contribution in [-0.4, -0.2) is 30.6 Å². The first-order valence-corrected chi connectivity index (χ1v) is 18.2. The second kappa shape index (κ2) is 15.1. The van der Waals surface area contributed by atoms with Crippen LogP contribution < -0.4 is 4.72 Å². The molecule has 5 aromatic carbocycles. The number of rotatable bonds is 13. The first kappa shape index (κ1) is 35.3. The normalized spacial score (nSPS) is 11.8. The lowest BCUT2D eigenvalue weighted by Crippen LogP contribution is -2.28. The third-order valence-electron chi connectivity index (χ3n) is 8.69. The third-order valence-corrected chi connectivity index (χ3v) is 10.8. The molecule has 0 spiro atoms. The van der Waals surface area contributed by atoms with Crippen LogP contribution in [0.4, 0.5) is 8.78 Å². The van der Waals surface area contributed by atoms with Gasteiger partial charge in [0.1, 0.15) is 16.5 Å². The van der Waals surface area contributed by atoms with E-state index in [2.05, 4.69) is 9.29 Å². The Labute approximate surface area is 299 Å². The predicted molar refractivity (Wildman–Crippen MR) is 193 cm³/mol. The minimum atomic E-state index is -4.40. The van der Waals surface area contributed by atoms with E-state index in [4.69, 9.17) is 23.2 Å². The molecule has 2 N–H and O–H groups in total. The van der Waals surface area contributed by atoms with Gasteiger partial charge in [0, 0.05) is 30.1 Å². The fourth-order valence-electron chi connectivity index (χ4n) is 6.42. The number of sulfonamides is 1. The van der Waals surface area contributed by atoms with Gasteiger partial charge in [0.05, 0.1) is 27.2 Å². The molecule has 6 aromatic rings. The van der Waals surface area contributed by atoms with Crippen LogP contribution in [-0.2, 0) is 29.3 Å². The number of hydrogen-bond acceptors (Lipinski definition) is 3. The van der Waals surface area contributed by atoms with Crippen molar-refractivity contribution in [3.05, 3.63) is 170 Å². The van der Waals surface area contributed by atoms with Gasteiger partial charge in [0.2, 0.25) is 10.0 Å². The lowest BCUT2D eigenvalue weighted by Gasteiger charge is -2.25. The van der Waals surface area contributed by atoms with Gasteiger partial charge in [-0.25, -0.2) is 26.7 Å². The molecular weight excluding hydrogens is 701 g/mol. The molecule has 50 heavy (non-hydrogen) atoms. The summed E-state index contributed by atoms with van der Waals surface area (Å²) in [6, 6.07) is 33.3. The monoisotopic (exact) mass is 732 g/mol. The predicted octanol–water partition coefficient (Wildman–Crippen LogP) is 9.26. The van der Waals surface area contributed by atoms with E-state index in [-0.39, 0.29) is 24.6 Å². The summed E-state index contributed by atoms with van der Waals surface area (Å²) in [5.74, 6) is -3.29. The number of aryl methyl sites for hydroxylation is 2. The van der Waals surface area contributed by atoms with Gasteiger partial charge in [-0.1, -0.05) is 102 Å². The molecule has 0 amide bonds. The number of carboxylic acid groups (broad SMARTS) is 1. The largest absolute Gasteiger partial charge is 0.478 e. The average Bonchev–Trinajstić information content (AvgIpc) is 3.41. The van der Waals surface area contributed by atoms with E-state index in [9.17, 15) is 27.1 Å². The van der Waals surface area contributed by atoms with Gasteiger partial charge < -0.3 is 9.67 Å². The molecule has 0 saturated heterocycles. The Morgan fingerprint density at radius 2 is 1.40 bits per heavy atom. The SMILES string of the molecule is O=C(O)c1ccc(CCCc2c(CCNS(=O)(=O)c3cc(Cl)c(F)cc3F)n(C(c3ccccc3)c3ccccc3)c3cccc(Cl)c23)cc1. The molecule has 6 rings (SSSR count). The summed E-state index contributed by atoms with van der Waals surface area (Å²) in [7, 11) is -4.40. The molecule has 256 valence electrons. The number of nitrogens with zero attached hydrogens (tertiary/aromatic N) is 1. The molecule has 0 aliphatic rings. The van der Waals surface area contributed by atoms with Crippen LogP contribution in [0.1, 0.15) is 50.8 Å².